The molecule has 158 valence electrons. The monoisotopic (exact) mass is 423 g/mol. The van der Waals surface area contributed by atoms with E-state index in [2.05, 4.69) is 57.9 Å². The number of aromatic nitrogens is 1. The highest BCUT2D eigenvalue weighted by Crippen LogP contribution is 2.20. The van der Waals surface area contributed by atoms with Gasteiger partial charge in [-0.25, -0.2) is 0 Å². The Bertz CT molecular complexity index is 971. The zero-order valence-electron chi connectivity index (χ0n) is 17.4. The van der Waals surface area contributed by atoms with Gasteiger partial charge in [0.05, 0.1) is 12.4 Å². The van der Waals surface area contributed by atoms with Crippen LogP contribution < -0.4 is 10.6 Å². The normalized spacial score (nSPS) is 16.9. The van der Waals surface area contributed by atoms with Crippen molar-refractivity contribution in [2.24, 2.45) is 4.99 Å². The fourth-order valence-electron chi connectivity index (χ4n) is 3.75. The molecule has 0 bridgehead atoms. The predicted octanol–water partition coefficient (Wildman–Crippen LogP) is 5.11. The van der Waals surface area contributed by atoms with E-state index in [-0.39, 0.29) is 0 Å². The van der Waals surface area contributed by atoms with Crippen molar-refractivity contribution in [1.29, 1.82) is 0 Å². The Morgan fingerprint density at radius 3 is 2.90 bits per heavy atom. The molecule has 0 amide bonds. The summed E-state index contributed by atoms with van der Waals surface area (Å²) in [4.78, 5) is 9.96. The summed E-state index contributed by atoms with van der Waals surface area (Å²) in [5, 5.41) is 8.74. The standard InChI is InChI=1S/C24H30ClN5/c1-5-21(26-6-2)12-17(3)30-11-7-8-22(16-30)28-18(4)27-15-23-14-19-13-20(25)9-10-24(19)29-23/h5-6,9-10,13-14,22,27-29H,1-4,7-8,11-12,15-16H2. The van der Waals surface area contributed by atoms with Gasteiger partial charge in [0, 0.05) is 64.8 Å². The van der Waals surface area contributed by atoms with Crippen LogP contribution in [0.3, 0.4) is 0 Å². The van der Waals surface area contributed by atoms with Crippen LogP contribution in [0, 0.1) is 0 Å². The summed E-state index contributed by atoms with van der Waals surface area (Å²) in [5.74, 6) is 0.823. The van der Waals surface area contributed by atoms with Gasteiger partial charge in [-0.1, -0.05) is 37.9 Å². The number of piperidine rings is 1. The van der Waals surface area contributed by atoms with E-state index in [9.17, 15) is 0 Å². The Balaban J connectivity index is 1.49. The minimum absolute atomic E-state index is 0.320. The van der Waals surface area contributed by atoms with Crippen molar-refractivity contribution in [1.82, 2.24) is 20.5 Å². The average Bonchev–Trinajstić information content (AvgIpc) is 3.14. The first-order chi connectivity index (χ1) is 14.5. The van der Waals surface area contributed by atoms with E-state index in [1.54, 1.807) is 12.3 Å². The number of aliphatic imine (C=N–C) groups is 1. The minimum atomic E-state index is 0.320. The first-order valence-corrected chi connectivity index (χ1v) is 10.6. The van der Waals surface area contributed by atoms with E-state index >= 15 is 0 Å². The molecule has 2 aromatic rings. The van der Waals surface area contributed by atoms with Gasteiger partial charge in [-0.2, -0.15) is 0 Å². The average molecular weight is 424 g/mol. The fraction of sp³-hybridized carbons (Fsp3) is 0.292. The van der Waals surface area contributed by atoms with E-state index in [1.165, 1.54) is 0 Å². The predicted molar refractivity (Wildman–Crippen MR) is 129 cm³/mol. The fourth-order valence-corrected chi connectivity index (χ4v) is 3.93. The molecule has 0 aliphatic carbocycles. The highest BCUT2D eigenvalue weighted by Gasteiger charge is 2.21. The highest BCUT2D eigenvalue weighted by atomic mass is 35.5. The first kappa shape index (κ1) is 21.8. The number of aromatic amines is 1. The lowest BCUT2D eigenvalue weighted by Crippen LogP contribution is -2.46. The summed E-state index contributed by atoms with van der Waals surface area (Å²) in [6.45, 7) is 18.4. The van der Waals surface area contributed by atoms with Crippen molar-refractivity contribution in [3.63, 3.8) is 0 Å². The largest absolute Gasteiger partial charge is 0.373 e. The van der Waals surface area contributed by atoms with E-state index in [1.807, 2.05) is 18.2 Å². The summed E-state index contributed by atoms with van der Waals surface area (Å²) in [5.41, 5.74) is 4.11. The maximum Gasteiger partial charge on any atom is 0.0918 e. The van der Waals surface area contributed by atoms with Gasteiger partial charge in [0.15, 0.2) is 0 Å². The number of nitrogens with one attached hydrogen (secondary N) is 3. The maximum atomic E-state index is 6.07. The molecule has 0 radical (unpaired) electrons. The molecule has 1 aromatic heterocycles. The van der Waals surface area contributed by atoms with Gasteiger partial charge in [-0.05, 0) is 43.2 Å². The van der Waals surface area contributed by atoms with Crippen molar-refractivity contribution in [2.75, 3.05) is 13.1 Å². The summed E-state index contributed by atoms with van der Waals surface area (Å²) in [6, 6.07) is 8.28. The van der Waals surface area contributed by atoms with E-state index in [4.69, 9.17) is 11.6 Å². The second-order valence-electron chi connectivity index (χ2n) is 7.54. The number of benzene rings is 1. The summed E-state index contributed by atoms with van der Waals surface area (Å²) >= 11 is 6.07. The quantitative estimate of drug-likeness (QED) is 0.465. The van der Waals surface area contributed by atoms with Gasteiger partial charge in [0.25, 0.3) is 0 Å². The molecule has 1 fully saturated rings. The number of hydrogen-bond acceptors (Lipinski definition) is 4. The molecule has 1 atom stereocenters. The third kappa shape index (κ3) is 5.80. The number of hydrogen-bond donors (Lipinski definition) is 3. The van der Waals surface area contributed by atoms with Crippen LogP contribution in [0.2, 0.25) is 5.02 Å². The molecule has 3 N–H and O–H groups in total. The molecule has 3 rings (SSSR count). The molecule has 1 saturated heterocycles. The Hall–Kier alpha value is -2.92. The number of rotatable bonds is 10. The number of nitrogens with zero attached hydrogens (tertiary/aromatic N) is 2. The molecule has 5 nitrogen and oxygen atoms in total. The molecule has 2 heterocycles. The van der Waals surface area contributed by atoms with Gasteiger partial charge < -0.3 is 20.5 Å². The topological polar surface area (TPSA) is 55.4 Å². The minimum Gasteiger partial charge on any atom is -0.373 e. The molecule has 0 spiro atoms. The lowest BCUT2D eigenvalue weighted by molar-refractivity contribution is 0.239. The number of fused-ring (bicyclic) bond motifs is 1. The van der Waals surface area contributed by atoms with Crippen molar-refractivity contribution in [2.45, 2.75) is 31.8 Å². The molecule has 30 heavy (non-hydrogen) atoms. The molecule has 1 aliphatic rings. The smallest absolute Gasteiger partial charge is 0.0918 e. The SMILES string of the molecule is C=CN=C(C=C)CC(=C)N1CCCC(NC(=C)NCc2cc3cc(Cl)ccc3[nH]2)C1. The van der Waals surface area contributed by atoms with Crippen LogP contribution in [0.15, 0.2) is 79.4 Å². The zero-order valence-corrected chi connectivity index (χ0v) is 18.1. The third-order valence-corrected chi connectivity index (χ3v) is 5.49. The van der Waals surface area contributed by atoms with E-state index in [0.29, 0.717) is 19.0 Å². The molecular weight excluding hydrogens is 394 g/mol. The van der Waals surface area contributed by atoms with Gasteiger partial charge in [-0.3, -0.25) is 4.99 Å². The van der Waals surface area contributed by atoms with Crippen LogP contribution >= 0.6 is 11.6 Å². The second-order valence-corrected chi connectivity index (χ2v) is 7.97. The summed E-state index contributed by atoms with van der Waals surface area (Å²) in [6.07, 6.45) is 6.20. The second kappa shape index (κ2) is 10.2. The Morgan fingerprint density at radius 2 is 2.13 bits per heavy atom. The van der Waals surface area contributed by atoms with Crippen LogP contribution in [0.25, 0.3) is 10.9 Å². The Kier molecular flexibility index (Phi) is 7.41. The maximum absolute atomic E-state index is 6.07. The van der Waals surface area contributed by atoms with E-state index in [0.717, 1.165) is 64.8 Å². The number of H-pyrrole nitrogens is 1. The van der Waals surface area contributed by atoms with Gasteiger partial charge in [0.1, 0.15) is 0 Å². The molecule has 1 aromatic carbocycles. The van der Waals surface area contributed by atoms with Crippen molar-refractivity contribution >= 4 is 28.2 Å². The lowest BCUT2D eigenvalue weighted by Gasteiger charge is -2.36. The summed E-state index contributed by atoms with van der Waals surface area (Å²) < 4.78 is 0. The first-order valence-electron chi connectivity index (χ1n) is 10.2. The molecular formula is C24H30ClN5. The molecule has 0 saturated carbocycles. The molecule has 6 heteroatoms. The van der Waals surface area contributed by atoms with Crippen LogP contribution in [0.5, 0.6) is 0 Å². The van der Waals surface area contributed by atoms with Gasteiger partial charge in [0.2, 0.25) is 0 Å². The van der Waals surface area contributed by atoms with Crippen LogP contribution in [-0.2, 0) is 6.54 Å². The Labute approximate surface area is 183 Å². The van der Waals surface area contributed by atoms with Crippen LogP contribution in [-0.4, -0.2) is 34.7 Å². The molecule has 1 unspecified atom stereocenters. The van der Waals surface area contributed by atoms with Crippen molar-refractivity contribution in [3.8, 4) is 0 Å². The number of allylic oxidation sites excluding steroid dienone is 2. The molecule has 1 aliphatic heterocycles. The van der Waals surface area contributed by atoms with Crippen molar-refractivity contribution < 1.29 is 0 Å². The van der Waals surface area contributed by atoms with Crippen molar-refractivity contribution in [3.05, 3.63) is 85.1 Å². The highest BCUT2D eigenvalue weighted by molar-refractivity contribution is 6.31. The van der Waals surface area contributed by atoms with E-state index < -0.39 is 0 Å². The van der Waals surface area contributed by atoms with Crippen LogP contribution in [0.4, 0.5) is 0 Å². The lowest BCUT2D eigenvalue weighted by atomic mass is 10.0. The zero-order chi connectivity index (χ0) is 21.5. The number of likely N-dealkylation sites (tertiary alicyclic amines) is 1. The third-order valence-electron chi connectivity index (χ3n) is 5.26. The van der Waals surface area contributed by atoms with Crippen LogP contribution in [0.1, 0.15) is 25.0 Å². The van der Waals surface area contributed by atoms with Gasteiger partial charge >= 0.3 is 0 Å². The Morgan fingerprint density at radius 1 is 1.30 bits per heavy atom. The number of halogens is 1. The van der Waals surface area contributed by atoms with Gasteiger partial charge in [-0.15, -0.1) is 0 Å². The summed E-state index contributed by atoms with van der Waals surface area (Å²) in [7, 11) is 0.